The van der Waals surface area contributed by atoms with E-state index in [-0.39, 0.29) is 17.1 Å². The summed E-state index contributed by atoms with van der Waals surface area (Å²) in [6.45, 7) is 16.5. The minimum absolute atomic E-state index is 0.0369. The third-order valence-electron chi connectivity index (χ3n) is 5.65. The second-order valence-corrected chi connectivity index (χ2v) is 9.28. The standard InChI is InChI=1S/C23H42N4O3/c1-9-18(2)19(3)11-14-27-16-20(25-26-27)17-30-23(6,7)13-15-29-22(4,5)12-10-21(28)24-8/h9,16,19H,10-15,17H2,1-8H3,(H,24,28). The second kappa shape index (κ2) is 12.2. The molecule has 172 valence electrons. The quantitative estimate of drug-likeness (QED) is 0.453. The van der Waals surface area contributed by atoms with Gasteiger partial charge in [-0.1, -0.05) is 23.8 Å². The van der Waals surface area contributed by atoms with Crippen molar-refractivity contribution in [3.63, 3.8) is 0 Å². The van der Waals surface area contributed by atoms with Gasteiger partial charge in [0.2, 0.25) is 5.91 Å². The van der Waals surface area contributed by atoms with Crippen molar-refractivity contribution in [2.24, 2.45) is 5.92 Å². The summed E-state index contributed by atoms with van der Waals surface area (Å²) in [6.07, 6.45) is 7.07. The van der Waals surface area contributed by atoms with Crippen LogP contribution in [0.1, 0.15) is 79.8 Å². The van der Waals surface area contributed by atoms with Crippen molar-refractivity contribution in [3.05, 3.63) is 23.5 Å². The third kappa shape index (κ3) is 10.3. The summed E-state index contributed by atoms with van der Waals surface area (Å²) in [5, 5.41) is 11.1. The van der Waals surface area contributed by atoms with Crippen LogP contribution in [0.25, 0.3) is 0 Å². The van der Waals surface area contributed by atoms with E-state index < -0.39 is 0 Å². The number of allylic oxidation sites excluding steroid dienone is 2. The monoisotopic (exact) mass is 422 g/mol. The van der Waals surface area contributed by atoms with Crippen LogP contribution >= 0.6 is 0 Å². The van der Waals surface area contributed by atoms with E-state index in [0.717, 1.165) is 25.1 Å². The lowest BCUT2D eigenvalue weighted by atomic mass is 9.99. The lowest BCUT2D eigenvalue weighted by molar-refractivity contribution is -0.123. The fourth-order valence-electron chi connectivity index (χ4n) is 2.88. The molecule has 0 aromatic carbocycles. The first kappa shape index (κ1) is 26.3. The molecule has 0 saturated carbocycles. The van der Waals surface area contributed by atoms with Gasteiger partial charge in [-0.05, 0) is 66.7 Å². The molecule has 0 bridgehead atoms. The molecule has 1 atom stereocenters. The smallest absolute Gasteiger partial charge is 0.219 e. The van der Waals surface area contributed by atoms with Crippen LogP contribution in [0, 0.1) is 5.92 Å². The molecule has 0 aliphatic heterocycles. The highest BCUT2D eigenvalue weighted by molar-refractivity contribution is 5.75. The highest BCUT2D eigenvalue weighted by Crippen LogP contribution is 2.21. The van der Waals surface area contributed by atoms with Gasteiger partial charge in [-0.3, -0.25) is 9.48 Å². The van der Waals surface area contributed by atoms with Crippen LogP contribution in [0.2, 0.25) is 0 Å². The van der Waals surface area contributed by atoms with Gasteiger partial charge in [-0.2, -0.15) is 0 Å². The Morgan fingerprint density at radius 2 is 1.90 bits per heavy atom. The number of amides is 1. The summed E-state index contributed by atoms with van der Waals surface area (Å²) in [7, 11) is 1.65. The van der Waals surface area contributed by atoms with Crippen LogP contribution in [0.3, 0.4) is 0 Å². The zero-order chi connectivity index (χ0) is 22.8. The molecule has 0 fully saturated rings. The van der Waals surface area contributed by atoms with E-state index in [1.807, 2.05) is 24.7 Å². The van der Waals surface area contributed by atoms with Gasteiger partial charge in [0.1, 0.15) is 5.69 Å². The fourth-order valence-corrected chi connectivity index (χ4v) is 2.88. The molecule has 1 unspecified atom stereocenters. The molecule has 1 aromatic rings. The van der Waals surface area contributed by atoms with Gasteiger partial charge >= 0.3 is 0 Å². The lowest BCUT2D eigenvalue weighted by Crippen LogP contribution is -2.32. The van der Waals surface area contributed by atoms with E-state index in [1.54, 1.807) is 7.05 Å². The molecule has 1 heterocycles. The lowest BCUT2D eigenvalue weighted by Gasteiger charge is -2.29. The minimum Gasteiger partial charge on any atom is -0.375 e. The van der Waals surface area contributed by atoms with Crippen LogP contribution in [0.4, 0.5) is 0 Å². The van der Waals surface area contributed by atoms with Crippen LogP contribution in [0.5, 0.6) is 0 Å². The summed E-state index contributed by atoms with van der Waals surface area (Å²) >= 11 is 0. The number of carbonyl (C=O) groups excluding carboxylic acids is 1. The Morgan fingerprint density at radius 3 is 2.53 bits per heavy atom. The number of nitrogens with one attached hydrogen (secondary N) is 1. The summed E-state index contributed by atoms with van der Waals surface area (Å²) in [6, 6.07) is 0. The Hall–Kier alpha value is -1.73. The van der Waals surface area contributed by atoms with Crippen LogP contribution in [-0.4, -0.2) is 45.8 Å². The molecular weight excluding hydrogens is 380 g/mol. The number of ether oxygens (including phenoxy) is 2. The van der Waals surface area contributed by atoms with Crippen LogP contribution in [-0.2, 0) is 27.4 Å². The fraction of sp³-hybridized carbons (Fsp3) is 0.783. The van der Waals surface area contributed by atoms with Gasteiger partial charge in [0.15, 0.2) is 0 Å². The van der Waals surface area contributed by atoms with E-state index in [4.69, 9.17) is 9.47 Å². The molecule has 0 radical (unpaired) electrons. The predicted molar refractivity (Wildman–Crippen MR) is 120 cm³/mol. The number of nitrogens with zero attached hydrogens (tertiary/aromatic N) is 3. The van der Waals surface area contributed by atoms with Gasteiger partial charge in [-0.15, -0.1) is 5.10 Å². The number of carbonyl (C=O) groups is 1. The maximum absolute atomic E-state index is 11.4. The zero-order valence-corrected chi connectivity index (χ0v) is 20.2. The maximum atomic E-state index is 11.4. The molecular formula is C23H42N4O3. The summed E-state index contributed by atoms with van der Waals surface area (Å²) in [4.78, 5) is 11.4. The molecule has 30 heavy (non-hydrogen) atoms. The second-order valence-electron chi connectivity index (χ2n) is 9.28. The van der Waals surface area contributed by atoms with Crippen molar-refractivity contribution in [2.75, 3.05) is 13.7 Å². The van der Waals surface area contributed by atoms with E-state index >= 15 is 0 Å². The van der Waals surface area contributed by atoms with Gasteiger partial charge < -0.3 is 14.8 Å². The van der Waals surface area contributed by atoms with Gasteiger partial charge in [0.25, 0.3) is 0 Å². The molecule has 1 rings (SSSR count). The Labute approximate surface area is 182 Å². The summed E-state index contributed by atoms with van der Waals surface area (Å²) in [5.74, 6) is 0.577. The molecule has 7 nitrogen and oxygen atoms in total. The summed E-state index contributed by atoms with van der Waals surface area (Å²) < 4.78 is 14.0. The Balaban J connectivity index is 2.37. The summed E-state index contributed by atoms with van der Waals surface area (Å²) in [5.41, 5.74) is 1.57. The highest BCUT2D eigenvalue weighted by atomic mass is 16.5. The largest absolute Gasteiger partial charge is 0.375 e. The topological polar surface area (TPSA) is 78.3 Å². The molecule has 1 amide bonds. The average molecular weight is 423 g/mol. The van der Waals surface area contributed by atoms with Crippen molar-refractivity contribution in [1.82, 2.24) is 20.3 Å². The molecule has 0 aliphatic rings. The average Bonchev–Trinajstić information content (AvgIpc) is 3.15. The molecule has 0 aliphatic carbocycles. The number of hydrogen-bond acceptors (Lipinski definition) is 5. The van der Waals surface area contributed by atoms with Crippen molar-refractivity contribution in [2.45, 2.75) is 98.5 Å². The van der Waals surface area contributed by atoms with E-state index in [0.29, 0.717) is 32.0 Å². The van der Waals surface area contributed by atoms with Crippen molar-refractivity contribution in [3.8, 4) is 0 Å². The maximum Gasteiger partial charge on any atom is 0.219 e. The zero-order valence-electron chi connectivity index (χ0n) is 20.2. The van der Waals surface area contributed by atoms with Gasteiger partial charge in [0, 0.05) is 20.0 Å². The molecule has 0 spiro atoms. The van der Waals surface area contributed by atoms with E-state index in [2.05, 4.69) is 56.3 Å². The number of hydrogen-bond donors (Lipinski definition) is 1. The first-order chi connectivity index (χ1) is 14.0. The Bertz CT molecular complexity index is 680. The van der Waals surface area contributed by atoms with E-state index in [9.17, 15) is 4.79 Å². The van der Waals surface area contributed by atoms with Crippen LogP contribution in [0.15, 0.2) is 17.8 Å². The Kier molecular flexibility index (Phi) is 10.7. The third-order valence-corrected chi connectivity index (χ3v) is 5.65. The predicted octanol–water partition coefficient (Wildman–Crippen LogP) is 4.28. The number of aryl methyl sites for hydroxylation is 1. The highest BCUT2D eigenvalue weighted by Gasteiger charge is 2.24. The van der Waals surface area contributed by atoms with Crippen molar-refractivity contribution >= 4 is 5.91 Å². The van der Waals surface area contributed by atoms with E-state index in [1.165, 1.54) is 5.57 Å². The first-order valence-electron chi connectivity index (χ1n) is 11.0. The number of aromatic nitrogens is 3. The molecule has 1 N–H and O–H groups in total. The minimum atomic E-state index is -0.340. The van der Waals surface area contributed by atoms with Gasteiger partial charge in [0.05, 0.1) is 30.6 Å². The molecule has 0 saturated heterocycles. The molecule has 1 aromatic heterocycles. The van der Waals surface area contributed by atoms with Crippen LogP contribution < -0.4 is 5.32 Å². The van der Waals surface area contributed by atoms with Crippen molar-refractivity contribution < 1.29 is 14.3 Å². The normalized spacial score (nSPS) is 14.1. The molecule has 7 heteroatoms. The number of rotatable bonds is 14. The SMILES string of the molecule is CC=C(C)C(C)CCn1cc(COC(C)(C)CCOC(C)(C)CCC(=O)NC)nn1. The first-order valence-corrected chi connectivity index (χ1v) is 11.0. The Morgan fingerprint density at radius 1 is 1.23 bits per heavy atom. The van der Waals surface area contributed by atoms with Gasteiger partial charge in [-0.25, -0.2) is 0 Å². The van der Waals surface area contributed by atoms with Crippen molar-refractivity contribution in [1.29, 1.82) is 0 Å².